The Morgan fingerprint density at radius 3 is 2.53 bits per heavy atom. The van der Waals surface area contributed by atoms with E-state index in [1.165, 1.54) is 11.1 Å². The van der Waals surface area contributed by atoms with Crippen LogP contribution in [-0.2, 0) is 4.74 Å². The van der Waals surface area contributed by atoms with E-state index in [0.29, 0.717) is 12.0 Å². The number of ether oxygens (including phenoxy) is 1. The van der Waals surface area contributed by atoms with Gasteiger partial charge in [0.15, 0.2) is 0 Å². The second-order valence-corrected chi connectivity index (χ2v) is 12.3. The van der Waals surface area contributed by atoms with Gasteiger partial charge in [0.05, 0.1) is 33.8 Å². The predicted molar refractivity (Wildman–Crippen MR) is 131 cm³/mol. The molecule has 1 saturated heterocycles. The van der Waals surface area contributed by atoms with Crippen molar-refractivity contribution in [3.63, 3.8) is 0 Å². The summed E-state index contributed by atoms with van der Waals surface area (Å²) in [7, 11) is 3.90. The Kier molecular flexibility index (Phi) is 4.81. The second-order valence-electron chi connectivity index (χ2n) is 11.6. The van der Waals surface area contributed by atoms with E-state index >= 15 is 0 Å². The van der Waals surface area contributed by atoms with E-state index in [9.17, 15) is 15.5 Å². The number of fused-ring (bicyclic) bond motifs is 1. The fraction of sp³-hybridized carbons (Fsp3) is 0.607. The van der Waals surface area contributed by atoms with Crippen LogP contribution in [0.3, 0.4) is 0 Å². The number of benzene rings is 1. The Morgan fingerprint density at radius 1 is 1.12 bits per heavy atom. The van der Waals surface area contributed by atoms with Crippen LogP contribution in [0.4, 0.5) is 0 Å². The number of hydrogen-bond donors (Lipinski definition) is 2. The van der Waals surface area contributed by atoms with Crippen molar-refractivity contribution in [1.82, 2.24) is 4.90 Å². The van der Waals surface area contributed by atoms with E-state index in [1.54, 1.807) is 0 Å². The fourth-order valence-corrected chi connectivity index (χ4v) is 8.63. The molecule has 2 heterocycles. The lowest BCUT2D eigenvalue weighted by molar-refractivity contribution is -0.199. The molecule has 5 nitrogen and oxygen atoms in total. The molecule has 0 aromatic heterocycles. The van der Waals surface area contributed by atoms with Crippen molar-refractivity contribution in [3.8, 4) is 6.07 Å². The molecule has 2 spiro atoms. The topological polar surface area (TPSA) is 76.7 Å². The van der Waals surface area contributed by atoms with Crippen LogP contribution in [0, 0.1) is 22.7 Å². The molecule has 2 N–H and O–H groups in total. The number of hydrogen-bond acceptors (Lipinski definition) is 5. The van der Waals surface area contributed by atoms with Crippen LogP contribution < -0.4 is 0 Å². The fourth-order valence-electron chi connectivity index (χ4n) is 8.15. The molecule has 180 valence electrons. The first-order valence-electron chi connectivity index (χ1n) is 12.5. The van der Waals surface area contributed by atoms with E-state index in [0.717, 1.165) is 37.7 Å². The molecule has 0 radical (unpaired) electrons. The average molecular weight is 481 g/mol. The number of allylic oxidation sites excluding steroid dienone is 2. The zero-order valence-electron chi connectivity index (χ0n) is 20.1. The van der Waals surface area contributed by atoms with Crippen molar-refractivity contribution in [3.05, 3.63) is 53.1 Å². The summed E-state index contributed by atoms with van der Waals surface area (Å²) in [5.74, 6) is 0.232. The van der Waals surface area contributed by atoms with Gasteiger partial charge in [-0.15, -0.1) is 11.6 Å². The van der Waals surface area contributed by atoms with Gasteiger partial charge in [0.2, 0.25) is 0 Å². The van der Waals surface area contributed by atoms with Gasteiger partial charge in [0.1, 0.15) is 6.10 Å². The number of aliphatic hydroxyl groups excluding tert-OH is 2. The standard InChI is InChI=1S/C28H33ClN2O3/c1-25-10-12-27(29)14-20-23(32)24(33)21(31(2)3)15-26(20)11-13-28(27,34-26)22(25)9-8-19(25)18-6-4-17(16-30)5-7-18/h4-8,14,21-24,32-33H,9-13,15H2,1-3H3/t21-,22?,23+,24+,25+,26+,27?,28-/m0/s1. The highest BCUT2D eigenvalue weighted by Crippen LogP contribution is 2.71. The van der Waals surface area contributed by atoms with Crippen molar-refractivity contribution in [2.24, 2.45) is 11.3 Å². The van der Waals surface area contributed by atoms with Crippen LogP contribution in [-0.4, -0.2) is 63.5 Å². The van der Waals surface area contributed by atoms with Crippen molar-refractivity contribution in [2.45, 2.75) is 79.8 Å². The van der Waals surface area contributed by atoms with Crippen LogP contribution >= 0.6 is 11.6 Å². The van der Waals surface area contributed by atoms with Gasteiger partial charge in [-0.1, -0.05) is 31.2 Å². The lowest BCUT2D eigenvalue weighted by atomic mass is 9.54. The number of halogens is 1. The van der Waals surface area contributed by atoms with E-state index in [1.807, 2.05) is 31.1 Å². The summed E-state index contributed by atoms with van der Waals surface area (Å²) in [4.78, 5) is 1.31. The summed E-state index contributed by atoms with van der Waals surface area (Å²) in [6, 6.07) is 9.96. The largest absolute Gasteiger partial charge is 0.388 e. The minimum absolute atomic E-state index is 0.0723. The number of nitrogens with zero attached hydrogens (tertiary/aromatic N) is 2. The zero-order valence-corrected chi connectivity index (χ0v) is 20.8. The van der Waals surface area contributed by atoms with E-state index < -0.39 is 28.3 Å². The van der Waals surface area contributed by atoms with Gasteiger partial charge >= 0.3 is 0 Å². The normalized spacial score (nSPS) is 46.8. The summed E-state index contributed by atoms with van der Waals surface area (Å²) in [5, 5.41) is 31.2. The number of alkyl halides is 1. The lowest BCUT2D eigenvalue weighted by Crippen LogP contribution is -2.68. The molecule has 6 rings (SSSR count). The summed E-state index contributed by atoms with van der Waals surface area (Å²) < 4.78 is 7.21. The Hall–Kier alpha value is -1.68. The molecule has 2 bridgehead atoms. The smallest absolute Gasteiger partial charge is 0.105 e. The first kappa shape index (κ1) is 22.8. The van der Waals surface area contributed by atoms with Crippen LogP contribution in [0.25, 0.3) is 5.57 Å². The summed E-state index contributed by atoms with van der Waals surface area (Å²) >= 11 is 7.49. The minimum atomic E-state index is -0.961. The third kappa shape index (κ3) is 2.70. The highest BCUT2D eigenvalue weighted by molar-refractivity contribution is 6.26. The third-order valence-electron chi connectivity index (χ3n) is 9.97. The number of aliphatic hydroxyl groups is 2. The van der Waals surface area contributed by atoms with Gasteiger partial charge in [-0.3, -0.25) is 0 Å². The number of rotatable bonds is 2. The van der Waals surface area contributed by atoms with Gasteiger partial charge in [0.25, 0.3) is 0 Å². The van der Waals surface area contributed by atoms with Crippen LogP contribution in [0.5, 0.6) is 0 Å². The van der Waals surface area contributed by atoms with Crippen LogP contribution in [0.1, 0.15) is 56.6 Å². The average Bonchev–Trinajstić information content (AvgIpc) is 3.35. The molecule has 6 heteroatoms. The molecular weight excluding hydrogens is 448 g/mol. The van der Waals surface area contributed by atoms with Gasteiger partial charge in [-0.05, 0) is 86.9 Å². The van der Waals surface area contributed by atoms with Gasteiger partial charge in [-0.25, -0.2) is 0 Å². The van der Waals surface area contributed by atoms with Crippen molar-refractivity contribution >= 4 is 17.2 Å². The Bertz CT molecular complexity index is 1140. The maximum Gasteiger partial charge on any atom is 0.105 e. The summed E-state index contributed by atoms with van der Waals surface area (Å²) in [6.07, 6.45) is 7.58. The van der Waals surface area contributed by atoms with E-state index in [2.05, 4.69) is 37.3 Å². The molecule has 2 aliphatic heterocycles. The number of nitriles is 1. The molecule has 3 aliphatic carbocycles. The van der Waals surface area contributed by atoms with Crippen molar-refractivity contribution in [2.75, 3.05) is 14.1 Å². The quantitative estimate of drug-likeness (QED) is 0.494. The molecule has 1 aromatic rings. The molecule has 1 aromatic carbocycles. The second kappa shape index (κ2) is 7.18. The van der Waals surface area contributed by atoms with Crippen LogP contribution in [0.2, 0.25) is 0 Å². The highest BCUT2D eigenvalue weighted by atomic mass is 35.5. The van der Waals surface area contributed by atoms with Crippen LogP contribution in [0.15, 0.2) is 42.0 Å². The molecule has 34 heavy (non-hydrogen) atoms. The molecular formula is C28H33ClN2O3. The van der Waals surface area contributed by atoms with E-state index in [4.69, 9.17) is 16.3 Å². The summed E-state index contributed by atoms with van der Waals surface area (Å²) in [6.45, 7) is 2.36. The van der Waals surface area contributed by atoms with Crippen molar-refractivity contribution < 1.29 is 14.9 Å². The third-order valence-corrected chi connectivity index (χ3v) is 10.6. The minimum Gasteiger partial charge on any atom is -0.388 e. The molecule has 3 fully saturated rings. The Labute approximate surface area is 206 Å². The maximum atomic E-state index is 11.2. The monoisotopic (exact) mass is 480 g/mol. The Balaban J connectivity index is 1.41. The molecule has 2 saturated carbocycles. The first-order valence-corrected chi connectivity index (χ1v) is 12.8. The number of likely N-dealkylation sites (N-methyl/N-ethyl adjacent to an activating group) is 1. The molecule has 2 unspecified atom stereocenters. The van der Waals surface area contributed by atoms with Gasteiger partial charge in [0, 0.05) is 12.0 Å². The molecule has 8 atom stereocenters. The molecule has 0 amide bonds. The summed E-state index contributed by atoms with van der Waals surface area (Å²) in [5.41, 5.74) is 2.83. The van der Waals surface area contributed by atoms with Gasteiger partial charge < -0.3 is 19.8 Å². The molecule has 5 aliphatic rings. The SMILES string of the molecule is CN(C)[C@H]1C[C@@]23CC[C@]4(O2)C2CC=C(c5ccc(C#N)cc5)[C@@]2(C)CCC4(Cl)C=C3[C@@H](O)[C@@H]1O. The maximum absolute atomic E-state index is 11.2. The Morgan fingerprint density at radius 2 is 1.85 bits per heavy atom. The highest BCUT2D eigenvalue weighted by Gasteiger charge is 2.73. The van der Waals surface area contributed by atoms with Crippen molar-refractivity contribution in [1.29, 1.82) is 5.26 Å². The predicted octanol–water partition coefficient (Wildman–Crippen LogP) is 4.02. The zero-order chi connectivity index (χ0) is 24.1. The van der Waals surface area contributed by atoms with E-state index in [-0.39, 0.29) is 17.4 Å². The van der Waals surface area contributed by atoms with Gasteiger partial charge in [-0.2, -0.15) is 5.26 Å². The first-order chi connectivity index (χ1) is 16.1. The lowest BCUT2D eigenvalue weighted by Gasteiger charge is -2.61.